The van der Waals surface area contributed by atoms with Crippen LogP contribution in [0.1, 0.15) is 22.8 Å². The van der Waals surface area contributed by atoms with Crippen molar-refractivity contribution in [1.82, 2.24) is 0 Å². The van der Waals surface area contributed by atoms with E-state index in [1.807, 2.05) is 0 Å². The maximum atomic E-state index is 12.5. The molecule has 1 N–H and O–H groups in total. The zero-order valence-corrected chi connectivity index (χ0v) is 12.6. The van der Waals surface area contributed by atoms with Crippen LogP contribution in [0.2, 0.25) is 0 Å². The summed E-state index contributed by atoms with van der Waals surface area (Å²) in [5.41, 5.74) is -0.164. The Labute approximate surface area is 136 Å². The van der Waals surface area contributed by atoms with Crippen LogP contribution < -0.4 is 10.1 Å². The normalized spacial score (nSPS) is 12.3. The lowest BCUT2D eigenvalue weighted by Gasteiger charge is -2.15. The Balaban J connectivity index is 1.99. The van der Waals surface area contributed by atoms with E-state index in [-0.39, 0.29) is 5.69 Å². The summed E-state index contributed by atoms with van der Waals surface area (Å²) in [6, 6.07) is 10.4. The van der Waals surface area contributed by atoms with Crippen molar-refractivity contribution >= 4 is 17.9 Å². The highest BCUT2D eigenvalue weighted by molar-refractivity contribution is 5.94. The van der Waals surface area contributed by atoms with Crippen molar-refractivity contribution in [1.29, 1.82) is 0 Å². The van der Waals surface area contributed by atoms with Crippen LogP contribution >= 0.6 is 0 Å². The number of carbonyl (C=O) groups excluding carboxylic acids is 2. The number of nitrogens with one attached hydrogen (secondary N) is 1. The highest BCUT2D eigenvalue weighted by atomic mass is 19.4. The van der Waals surface area contributed by atoms with Crippen molar-refractivity contribution in [3.8, 4) is 5.75 Å². The lowest BCUT2D eigenvalue weighted by molar-refractivity contribution is -0.137. The van der Waals surface area contributed by atoms with E-state index in [2.05, 4.69) is 5.32 Å². The molecular formula is C17H14F3NO3. The van der Waals surface area contributed by atoms with Crippen molar-refractivity contribution in [2.24, 2.45) is 0 Å². The summed E-state index contributed by atoms with van der Waals surface area (Å²) in [5.74, 6) is -0.180. The molecule has 0 aliphatic heterocycles. The Kier molecular flexibility index (Phi) is 5.23. The van der Waals surface area contributed by atoms with Gasteiger partial charge in [0, 0.05) is 11.3 Å². The standard InChI is InChI=1S/C17H14F3NO3/c1-11(24-15-4-2-3-12(9-15)10-22)16(23)21-14-7-5-13(6-8-14)17(18,19)20/h2-11H,1H3,(H,21,23). The van der Waals surface area contributed by atoms with Gasteiger partial charge in [0.05, 0.1) is 5.56 Å². The number of hydrogen-bond donors (Lipinski definition) is 1. The van der Waals surface area contributed by atoms with E-state index in [1.165, 1.54) is 25.1 Å². The van der Waals surface area contributed by atoms with Crippen molar-refractivity contribution in [3.63, 3.8) is 0 Å². The summed E-state index contributed by atoms with van der Waals surface area (Å²) in [7, 11) is 0. The smallest absolute Gasteiger partial charge is 0.416 e. The van der Waals surface area contributed by atoms with Crippen LogP contribution in [0.3, 0.4) is 0 Å². The lowest BCUT2D eigenvalue weighted by Crippen LogP contribution is -2.30. The van der Waals surface area contributed by atoms with Crippen LogP contribution in [-0.2, 0) is 11.0 Å². The number of hydrogen-bond acceptors (Lipinski definition) is 3. The first kappa shape index (κ1) is 17.5. The largest absolute Gasteiger partial charge is 0.481 e. The van der Waals surface area contributed by atoms with E-state index >= 15 is 0 Å². The molecule has 0 aliphatic rings. The van der Waals surface area contributed by atoms with Crippen LogP contribution in [0, 0.1) is 0 Å². The Bertz CT molecular complexity index is 727. The Morgan fingerprint density at radius 2 is 1.83 bits per heavy atom. The predicted molar refractivity (Wildman–Crippen MR) is 82.0 cm³/mol. The Morgan fingerprint density at radius 1 is 1.17 bits per heavy atom. The first-order chi connectivity index (χ1) is 11.3. The second kappa shape index (κ2) is 7.16. The average molecular weight is 337 g/mol. The van der Waals surface area contributed by atoms with Gasteiger partial charge in [-0.3, -0.25) is 9.59 Å². The first-order valence-electron chi connectivity index (χ1n) is 6.99. The van der Waals surface area contributed by atoms with Gasteiger partial charge in [-0.25, -0.2) is 0 Å². The minimum Gasteiger partial charge on any atom is -0.481 e. The van der Waals surface area contributed by atoms with Gasteiger partial charge in [-0.1, -0.05) is 12.1 Å². The summed E-state index contributed by atoms with van der Waals surface area (Å²) in [4.78, 5) is 22.7. The molecule has 1 unspecified atom stereocenters. The van der Waals surface area contributed by atoms with Gasteiger partial charge in [0.2, 0.25) is 0 Å². The fourth-order valence-electron chi connectivity index (χ4n) is 1.91. The van der Waals surface area contributed by atoms with Crippen LogP contribution in [0.5, 0.6) is 5.75 Å². The molecule has 0 bridgehead atoms. The number of benzene rings is 2. The Morgan fingerprint density at radius 3 is 2.42 bits per heavy atom. The molecule has 0 spiro atoms. The summed E-state index contributed by atoms with van der Waals surface area (Å²) in [6.07, 6.45) is -4.67. The molecule has 1 atom stereocenters. The van der Waals surface area contributed by atoms with E-state index in [9.17, 15) is 22.8 Å². The Hall–Kier alpha value is -2.83. The van der Waals surface area contributed by atoms with E-state index in [0.717, 1.165) is 12.1 Å². The highest BCUT2D eigenvalue weighted by Gasteiger charge is 2.30. The van der Waals surface area contributed by atoms with E-state index in [4.69, 9.17) is 4.74 Å². The summed E-state index contributed by atoms with van der Waals surface area (Å²) in [5, 5.41) is 2.47. The summed E-state index contributed by atoms with van der Waals surface area (Å²) >= 11 is 0. The van der Waals surface area contributed by atoms with E-state index in [1.54, 1.807) is 18.2 Å². The van der Waals surface area contributed by atoms with Crippen molar-refractivity contribution < 1.29 is 27.5 Å². The first-order valence-corrected chi connectivity index (χ1v) is 6.99. The van der Waals surface area contributed by atoms with Crippen LogP contribution in [-0.4, -0.2) is 18.3 Å². The average Bonchev–Trinajstić information content (AvgIpc) is 2.54. The lowest BCUT2D eigenvalue weighted by atomic mass is 10.2. The third-order valence-electron chi connectivity index (χ3n) is 3.16. The van der Waals surface area contributed by atoms with Gasteiger partial charge in [-0.2, -0.15) is 13.2 Å². The summed E-state index contributed by atoms with van der Waals surface area (Å²) < 4.78 is 42.9. The molecule has 0 saturated heterocycles. The number of halogens is 3. The van der Waals surface area contributed by atoms with E-state index < -0.39 is 23.8 Å². The molecule has 2 aromatic rings. The van der Waals surface area contributed by atoms with Gasteiger partial charge >= 0.3 is 6.18 Å². The van der Waals surface area contributed by atoms with Gasteiger partial charge in [-0.05, 0) is 43.3 Å². The third kappa shape index (κ3) is 4.58. The van der Waals surface area contributed by atoms with Crippen molar-refractivity contribution in [3.05, 3.63) is 59.7 Å². The molecule has 2 rings (SSSR count). The number of anilines is 1. The molecule has 2 aromatic carbocycles. The molecule has 0 radical (unpaired) electrons. The van der Waals surface area contributed by atoms with Crippen molar-refractivity contribution in [2.45, 2.75) is 19.2 Å². The molecule has 0 saturated carbocycles. The zero-order valence-electron chi connectivity index (χ0n) is 12.6. The van der Waals surface area contributed by atoms with Gasteiger partial charge in [0.1, 0.15) is 12.0 Å². The molecule has 7 heteroatoms. The molecule has 24 heavy (non-hydrogen) atoms. The van der Waals surface area contributed by atoms with Crippen molar-refractivity contribution in [2.75, 3.05) is 5.32 Å². The molecule has 0 fully saturated rings. The molecule has 1 amide bonds. The highest BCUT2D eigenvalue weighted by Crippen LogP contribution is 2.29. The molecule has 0 heterocycles. The quantitative estimate of drug-likeness (QED) is 0.841. The second-order valence-electron chi connectivity index (χ2n) is 5.01. The molecule has 126 valence electrons. The predicted octanol–water partition coefficient (Wildman–Crippen LogP) is 3.92. The fraction of sp³-hybridized carbons (Fsp3) is 0.176. The zero-order chi connectivity index (χ0) is 17.7. The third-order valence-corrected chi connectivity index (χ3v) is 3.16. The number of amides is 1. The van der Waals surface area contributed by atoms with Gasteiger partial charge in [0.25, 0.3) is 5.91 Å². The molecular weight excluding hydrogens is 323 g/mol. The monoisotopic (exact) mass is 337 g/mol. The maximum Gasteiger partial charge on any atom is 0.416 e. The fourth-order valence-corrected chi connectivity index (χ4v) is 1.91. The minimum atomic E-state index is -4.43. The van der Waals surface area contributed by atoms with E-state index in [0.29, 0.717) is 17.6 Å². The molecule has 0 aromatic heterocycles. The van der Waals surface area contributed by atoms with Crippen LogP contribution in [0.4, 0.5) is 18.9 Å². The number of aldehydes is 1. The second-order valence-corrected chi connectivity index (χ2v) is 5.01. The number of alkyl halides is 3. The SMILES string of the molecule is CC(Oc1cccc(C=O)c1)C(=O)Nc1ccc(C(F)(F)F)cc1. The molecule has 4 nitrogen and oxygen atoms in total. The van der Waals surface area contributed by atoms with Gasteiger partial charge < -0.3 is 10.1 Å². The van der Waals surface area contributed by atoms with Gasteiger partial charge in [0.15, 0.2) is 6.10 Å². The number of carbonyl (C=O) groups is 2. The number of ether oxygens (including phenoxy) is 1. The molecule has 0 aliphatic carbocycles. The number of rotatable bonds is 5. The van der Waals surface area contributed by atoms with Crippen LogP contribution in [0.25, 0.3) is 0 Å². The van der Waals surface area contributed by atoms with Crippen LogP contribution in [0.15, 0.2) is 48.5 Å². The topological polar surface area (TPSA) is 55.4 Å². The maximum absolute atomic E-state index is 12.5. The minimum absolute atomic E-state index is 0.227. The van der Waals surface area contributed by atoms with Gasteiger partial charge in [-0.15, -0.1) is 0 Å². The summed E-state index contributed by atoms with van der Waals surface area (Å²) in [6.45, 7) is 1.49.